The molecule has 1 rings (SSSR count). The van der Waals surface area contributed by atoms with E-state index in [-0.39, 0.29) is 11.2 Å². The zero-order chi connectivity index (χ0) is 10.2. The smallest absolute Gasteiger partial charge is 0.168 e. The molecule has 13 heavy (non-hydrogen) atoms. The molecule has 0 spiro atoms. The molecule has 1 N–H and O–H groups in total. The summed E-state index contributed by atoms with van der Waals surface area (Å²) in [4.78, 5) is 0. The summed E-state index contributed by atoms with van der Waals surface area (Å²) in [5.74, 6) is -0.722. The van der Waals surface area contributed by atoms with E-state index in [1.165, 1.54) is 0 Å². The lowest BCUT2D eigenvalue weighted by Crippen LogP contribution is -2.12. The summed E-state index contributed by atoms with van der Waals surface area (Å²) in [6.07, 6.45) is 0. The van der Waals surface area contributed by atoms with Crippen LogP contribution in [0.4, 0.5) is 4.39 Å². The fourth-order valence-electron chi connectivity index (χ4n) is 1.27. The highest BCUT2D eigenvalue weighted by atomic mass is 19.1. The van der Waals surface area contributed by atoms with Crippen molar-refractivity contribution in [3.05, 3.63) is 29.1 Å². The molecule has 0 heterocycles. The Morgan fingerprint density at radius 3 is 2.23 bits per heavy atom. The normalized spacial score (nSPS) is 11.8. The SMILES string of the molecule is Cc1ccc(C(C)(C)C)c(O)c1F. The van der Waals surface area contributed by atoms with Gasteiger partial charge in [-0.05, 0) is 17.9 Å². The minimum Gasteiger partial charge on any atom is -0.505 e. The van der Waals surface area contributed by atoms with Crippen molar-refractivity contribution in [2.24, 2.45) is 0 Å². The van der Waals surface area contributed by atoms with Crippen LogP contribution < -0.4 is 0 Å². The molecule has 1 nitrogen and oxygen atoms in total. The predicted molar refractivity (Wildman–Crippen MR) is 51.5 cm³/mol. The lowest BCUT2D eigenvalue weighted by atomic mass is 9.86. The van der Waals surface area contributed by atoms with Crippen molar-refractivity contribution in [1.82, 2.24) is 0 Å². The molecule has 0 aromatic heterocycles. The molecule has 0 aliphatic rings. The van der Waals surface area contributed by atoms with Crippen LogP contribution in [0, 0.1) is 12.7 Å². The zero-order valence-corrected chi connectivity index (χ0v) is 8.48. The van der Waals surface area contributed by atoms with Gasteiger partial charge >= 0.3 is 0 Å². The number of halogens is 1. The first-order valence-electron chi connectivity index (χ1n) is 4.32. The fourth-order valence-corrected chi connectivity index (χ4v) is 1.27. The van der Waals surface area contributed by atoms with E-state index >= 15 is 0 Å². The van der Waals surface area contributed by atoms with Crippen molar-refractivity contribution >= 4 is 0 Å². The average Bonchev–Trinajstić information content (AvgIpc) is 1.98. The third-order valence-electron chi connectivity index (χ3n) is 2.12. The summed E-state index contributed by atoms with van der Waals surface area (Å²) in [5, 5.41) is 9.54. The minimum atomic E-state index is -0.507. The average molecular weight is 182 g/mol. The van der Waals surface area contributed by atoms with Crippen LogP contribution in [0.3, 0.4) is 0 Å². The van der Waals surface area contributed by atoms with Crippen LogP contribution in [-0.2, 0) is 5.41 Å². The van der Waals surface area contributed by atoms with Gasteiger partial charge in [0.1, 0.15) is 0 Å². The molecule has 0 bridgehead atoms. The number of phenols is 1. The number of aryl methyl sites for hydroxylation is 1. The highest BCUT2D eigenvalue weighted by molar-refractivity contribution is 5.41. The summed E-state index contributed by atoms with van der Waals surface area (Å²) in [5.41, 5.74) is 0.902. The quantitative estimate of drug-likeness (QED) is 0.653. The molecule has 2 heteroatoms. The number of hydrogen-bond donors (Lipinski definition) is 1. The van der Waals surface area contributed by atoms with Gasteiger partial charge in [0.15, 0.2) is 11.6 Å². The number of hydrogen-bond acceptors (Lipinski definition) is 1. The Balaban J connectivity index is 3.35. The third-order valence-corrected chi connectivity index (χ3v) is 2.12. The number of aromatic hydroxyl groups is 1. The highest BCUT2D eigenvalue weighted by Crippen LogP contribution is 2.33. The molecule has 72 valence electrons. The van der Waals surface area contributed by atoms with Crippen molar-refractivity contribution in [3.8, 4) is 5.75 Å². The molecule has 0 atom stereocenters. The zero-order valence-electron chi connectivity index (χ0n) is 8.48. The van der Waals surface area contributed by atoms with Gasteiger partial charge in [-0.3, -0.25) is 0 Å². The second kappa shape index (κ2) is 3.02. The Labute approximate surface area is 78.2 Å². The van der Waals surface area contributed by atoms with Gasteiger partial charge in [0.25, 0.3) is 0 Å². The van der Waals surface area contributed by atoms with Crippen molar-refractivity contribution in [3.63, 3.8) is 0 Å². The Kier molecular flexibility index (Phi) is 2.33. The topological polar surface area (TPSA) is 20.2 Å². The summed E-state index contributed by atoms with van der Waals surface area (Å²) in [7, 11) is 0. The second-order valence-corrected chi connectivity index (χ2v) is 4.34. The maximum atomic E-state index is 13.3. The largest absolute Gasteiger partial charge is 0.505 e. The minimum absolute atomic E-state index is 0.215. The summed E-state index contributed by atoms with van der Waals surface area (Å²) in [6, 6.07) is 3.46. The van der Waals surface area contributed by atoms with Crippen molar-refractivity contribution in [2.75, 3.05) is 0 Å². The van der Waals surface area contributed by atoms with E-state index in [0.29, 0.717) is 11.1 Å². The molecule has 0 aliphatic carbocycles. The van der Waals surface area contributed by atoms with Crippen molar-refractivity contribution in [1.29, 1.82) is 0 Å². The van der Waals surface area contributed by atoms with Crippen molar-refractivity contribution in [2.45, 2.75) is 33.1 Å². The number of phenolic OH excluding ortho intramolecular Hbond substituents is 1. The maximum absolute atomic E-state index is 13.3. The lowest BCUT2D eigenvalue weighted by molar-refractivity contribution is 0.408. The Morgan fingerprint density at radius 1 is 1.23 bits per heavy atom. The van der Waals surface area contributed by atoms with E-state index < -0.39 is 5.82 Å². The van der Waals surface area contributed by atoms with Gasteiger partial charge in [-0.25, -0.2) is 4.39 Å². The van der Waals surface area contributed by atoms with Gasteiger partial charge in [0.2, 0.25) is 0 Å². The van der Waals surface area contributed by atoms with E-state index in [2.05, 4.69) is 0 Å². The highest BCUT2D eigenvalue weighted by Gasteiger charge is 2.20. The molecule has 0 aliphatic heterocycles. The molecule has 0 unspecified atom stereocenters. The Hall–Kier alpha value is -1.05. The van der Waals surface area contributed by atoms with Gasteiger partial charge in [0, 0.05) is 5.56 Å². The summed E-state index contributed by atoms with van der Waals surface area (Å²) >= 11 is 0. The first-order valence-corrected chi connectivity index (χ1v) is 4.32. The van der Waals surface area contributed by atoms with E-state index in [9.17, 15) is 9.50 Å². The molecule has 0 saturated heterocycles. The first kappa shape index (κ1) is 10.0. The van der Waals surface area contributed by atoms with Gasteiger partial charge in [-0.15, -0.1) is 0 Å². The molecule has 1 aromatic rings. The summed E-state index contributed by atoms with van der Waals surface area (Å²) in [6.45, 7) is 7.46. The van der Waals surface area contributed by atoms with Gasteiger partial charge < -0.3 is 5.11 Å². The second-order valence-electron chi connectivity index (χ2n) is 4.34. The third kappa shape index (κ3) is 1.82. The molecule has 0 fully saturated rings. The lowest BCUT2D eigenvalue weighted by Gasteiger charge is -2.20. The van der Waals surface area contributed by atoms with Gasteiger partial charge in [-0.1, -0.05) is 32.9 Å². The monoisotopic (exact) mass is 182 g/mol. The first-order chi connectivity index (χ1) is 5.84. The molecule has 0 amide bonds. The molecular formula is C11H15FO. The van der Waals surface area contributed by atoms with E-state index in [1.54, 1.807) is 19.1 Å². The molecule has 1 aromatic carbocycles. The maximum Gasteiger partial charge on any atom is 0.168 e. The molecule has 0 radical (unpaired) electrons. The van der Waals surface area contributed by atoms with Crippen LogP contribution in [0.2, 0.25) is 0 Å². The van der Waals surface area contributed by atoms with Gasteiger partial charge in [-0.2, -0.15) is 0 Å². The van der Waals surface area contributed by atoms with Crippen molar-refractivity contribution < 1.29 is 9.50 Å². The number of rotatable bonds is 0. The van der Waals surface area contributed by atoms with Crippen LogP contribution in [0.1, 0.15) is 31.9 Å². The number of benzene rings is 1. The Bertz CT molecular complexity index is 324. The predicted octanol–water partition coefficient (Wildman–Crippen LogP) is 3.14. The standard InChI is InChI=1S/C11H15FO/c1-7-5-6-8(11(2,3)4)10(13)9(7)12/h5-6,13H,1-4H3. The van der Waals surface area contributed by atoms with E-state index in [0.717, 1.165) is 0 Å². The van der Waals surface area contributed by atoms with Crippen LogP contribution in [0.15, 0.2) is 12.1 Å². The molecule has 0 saturated carbocycles. The van der Waals surface area contributed by atoms with Crippen LogP contribution in [-0.4, -0.2) is 5.11 Å². The Morgan fingerprint density at radius 2 is 1.77 bits per heavy atom. The van der Waals surface area contributed by atoms with Crippen LogP contribution in [0.25, 0.3) is 0 Å². The van der Waals surface area contributed by atoms with Gasteiger partial charge in [0.05, 0.1) is 0 Å². The van der Waals surface area contributed by atoms with Crippen LogP contribution >= 0.6 is 0 Å². The van der Waals surface area contributed by atoms with E-state index in [1.807, 2.05) is 20.8 Å². The summed E-state index contributed by atoms with van der Waals surface area (Å²) < 4.78 is 13.3. The fraction of sp³-hybridized carbons (Fsp3) is 0.455. The molecular weight excluding hydrogens is 167 g/mol. The van der Waals surface area contributed by atoms with Crippen LogP contribution in [0.5, 0.6) is 5.75 Å². The van der Waals surface area contributed by atoms with E-state index in [4.69, 9.17) is 0 Å².